The van der Waals surface area contributed by atoms with Gasteiger partial charge in [0.15, 0.2) is 5.52 Å². The van der Waals surface area contributed by atoms with Crippen LogP contribution in [0.1, 0.15) is 23.5 Å². The number of hydrogen-bond acceptors (Lipinski definition) is 5. The Bertz CT molecular complexity index is 516. The lowest BCUT2D eigenvalue weighted by Crippen LogP contribution is -2.01. The number of aromatic nitrogens is 2. The number of nitrogens with zero attached hydrogens (tertiary/aromatic N) is 2. The number of nitrogens with one attached hydrogen (secondary N) is 1. The van der Waals surface area contributed by atoms with Gasteiger partial charge in [0.1, 0.15) is 0 Å². The van der Waals surface area contributed by atoms with Gasteiger partial charge in [-0.3, -0.25) is 4.79 Å². The van der Waals surface area contributed by atoms with E-state index < -0.39 is 0 Å². The van der Waals surface area contributed by atoms with Gasteiger partial charge in [0.25, 0.3) is 5.89 Å². The van der Waals surface area contributed by atoms with Crippen molar-refractivity contribution in [2.24, 2.45) is 0 Å². The third kappa shape index (κ3) is 1.45. The van der Waals surface area contributed by atoms with Crippen molar-refractivity contribution in [2.45, 2.75) is 18.9 Å². The molecule has 0 aromatic carbocycles. The topological polar surface area (TPSA) is 68.0 Å². The van der Waals surface area contributed by atoms with Crippen molar-refractivity contribution >= 4 is 23.2 Å². The van der Waals surface area contributed by atoms with E-state index in [4.69, 9.17) is 4.42 Å². The van der Waals surface area contributed by atoms with Gasteiger partial charge >= 0.3 is 0 Å². The summed E-state index contributed by atoms with van der Waals surface area (Å²) in [6, 6.07) is 2.38. The van der Waals surface area contributed by atoms with Gasteiger partial charge in [-0.1, -0.05) is 0 Å². The lowest BCUT2D eigenvalue weighted by atomic mass is 10.3. The molecule has 0 atom stereocenters. The average Bonchev–Trinajstić information content (AvgIpc) is 2.96. The van der Waals surface area contributed by atoms with Crippen LogP contribution in [-0.2, 0) is 0 Å². The summed E-state index contributed by atoms with van der Waals surface area (Å²) in [6.07, 6.45) is 4.60. The number of aldehydes is 1. The van der Waals surface area contributed by atoms with Gasteiger partial charge in [-0.15, -0.1) is 0 Å². The van der Waals surface area contributed by atoms with Crippen LogP contribution in [-0.4, -0.2) is 22.3 Å². The fraction of sp³-hybridized carbons (Fsp3) is 0.300. The highest BCUT2D eigenvalue weighted by Crippen LogP contribution is 2.28. The molecule has 2 heterocycles. The quantitative estimate of drug-likeness (QED) is 0.767. The highest BCUT2D eigenvalue weighted by atomic mass is 16.4. The summed E-state index contributed by atoms with van der Waals surface area (Å²) < 4.78 is 5.13. The van der Waals surface area contributed by atoms with Crippen LogP contribution in [0.3, 0.4) is 0 Å². The fourth-order valence-corrected chi connectivity index (χ4v) is 1.46. The van der Waals surface area contributed by atoms with Crippen LogP contribution in [0.5, 0.6) is 0 Å². The number of oxazole rings is 1. The normalized spacial score (nSPS) is 15.5. The fourth-order valence-electron chi connectivity index (χ4n) is 1.46. The van der Waals surface area contributed by atoms with Crippen molar-refractivity contribution in [1.82, 2.24) is 9.97 Å². The van der Waals surface area contributed by atoms with Crippen molar-refractivity contribution in [2.75, 3.05) is 5.32 Å². The van der Waals surface area contributed by atoms with Crippen LogP contribution in [0.4, 0.5) is 5.69 Å². The largest absolute Gasteiger partial charge is 0.415 e. The molecule has 1 N–H and O–H groups in total. The summed E-state index contributed by atoms with van der Waals surface area (Å²) in [4.78, 5) is 18.6. The van der Waals surface area contributed by atoms with E-state index in [9.17, 15) is 4.79 Å². The van der Waals surface area contributed by atoms with Crippen molar-refractivity contribution in [3.8, 4) is 0 Å². The third-order valence-electron chi connectivity index (χ3n) is 2.35. The predicted octanol–water partition coefficient (Wildman–Crippen LogP) is 1.61. The molecule has 2 aromatic rings. The predicted molar refractivity (Wildman–Crippen MR) is 53.8 cm³/mol. The van der Waals surface area contributed by atoms with Crippen LogP contribution < -0.4 is 5.32 Å². The molecule has 0 aliphatic heterocycles. The van der Waals surface area contributed by atoms with Gasteiger partial charge in [-0.25, -0.2) is 9.97 Å². The van der Waals surface area contributed by atoms with Gasteiger partial charge in [0.05, 0.1) is 5.69 Å². The Labute approximate surface area is 85.5 Å². The number of pyridine rings is 1. The van der Waals surface area contributed by atoms with E-state index in [1.165, 1.54) is 12.8 Å². The van der Waals surface area contributed by atoms with E-state index in [2.05, 4.69) is 15.3 Å². The van der Waals surface area contributed by atoms with Crippen LogP contribution in [0.15, 0.2) is 16.7 Å². The third-order valence-corrected chi connectivity index (χ3v) is 2.35. The second kappa shape index (κ2) is 3.05. The van der Waals surface area contributed by atoms with E-state index in [0.717, 1.165) is 5.69 Å². The number of hydrogen-bond donors (Lipinski definition) is 1. The van der Waals surface area contributed by atoms with E-state index in [0.29, 0.717) is 23.6 Å². The molecule has 5 heteroatoms. The van der Waals surface area contributed by atoms with Gasteiger partial charge in [0.2, 0.25) is 12.0 Å². The minimum absolute atomic E-state index is 0.0718. The average molecular weight is 203 g/mol. The molecule has 15 heavy (non-hydrogen) atoms. The first-order valence-corrected chi connectivity index (χ1v) is 4.84. The van der Waals surface area contributed by atoms with Gasteiger partial charge in [0, 0.05) is 12.2 Å². The Balaban J connectivity index is 2.10. The maximum absolute atomic E-state index is 10.5. The molecule has 1 aliphatic carbocycles. The first-order valence-electron chi connectivity index (χ1n) is 4.84. The Morgan fingerprint density at radius 1 is 1.53 bits per heavy atom. The Morgan fingerprint density at radius 2 is 2.40 bits per heavy atom. The van der Waals surface area contributed by atoms with Crippen molar-refractivity contribution in [1.29, 1.82) is 0 Å². The molecular formula is C10H9N3O2. The van der Waals surface area contributed by atoms with Crippen molar-refractivity contribution in [3.05, 3.63) is 18.2 Å². The van der Waals surface area contributed by atoms with E-state index in [1.54, 1.807) is 6.20 Å². The van der Waals surface area contributed by atoms with Crippen LogP contribution >= 0.6 is 0 Å². The van der Waals surface area contributed by atoms with Crippen molar-refractivity contribution < 1.29 is 9.21 Å². The number of anilines is 1. The molecule has 1 aliphatic rings. The zero-order valence-electron chi connectivity index (χ0n) is 7.93. The Hall–Kier alpha value is -1.91. The number of carbonyl (C=O) groups excluding carboxylic acids is 1. The maximum atomic E-state index is 10.5. The number of fused-ring (bicyclic) bond motifs is 1. The van der Waals surface area contributed by atoms with Gasteiger partial charge < -0.3 is 9.73 Å². The lowest BCUT2D eigenvalue weighted by Gasteiger charge is -2.02. The molecule has 3 rings (SSSR count). The van der Waals surface area contributed by atoms with Crippen LogP contribution in [0.25, 0.3) is 11.2 Å². The molecule has 0 amide bonds. The molecule has 0 saturated heterocycles. The van der Waals surface area contributed by atoms with Crippen molar-refractivity contribution in [3.63, 3.8) is 0 Å². The zero-order chi connectivity index (χ0) is 10.3. The lowest BCUT2D eigenvalue weighted by molar-refractivity contribution is 0.109. The minimum Gasteiger partial charge on any atom is -0.415 e. The second-order valence-electron chi connectivity index (χ2n) is 3.60. The molecule has 1 fully saturated rings. The first-order chi connectivity index (χ1) is 7.36. The molecular weight excluding hydrogens is 194 g/mol. The van der Waals surface area contributed by atoms with E-state index in [-0.39, 0.29) is 5.89 Å². The molecule has 0 unspecified atom stereocenters. The molecule has 2 aromatic heterocycles. The number of rotatable bonds is 3. The Kier molecular flexibility index (Phi) is 1.71. The molecule has 0 spiro atoms. The van der Waals surface area contributed by atoms with E-state index in [1.807, 2.05) is 6.07 Å². The summed E-state index contributed by atoms with van der Waals surface area (Å²) in [5.74, 6) is 0.0718. The summed E-state index contributed by atoms with van der Waals surface area (Å²) in [6.45, 7) is 0. The molecule has 76 valence electrons. The van der Waals surface area contributed by atoms with E-state index >= 15 is 0 Å². The zero-order valence-corrected chi connectivity index (χ0v) is 7.93. The van der Waals surface area contributed by atoms with Crippen LogP contribution in [0, 0.1) is 0 Å². The van der Waals surface area contributed by atoms with Gasteiger partial charge in [-0.2, -0.15) is 0 Å². The highest BCUT2D eigenvalue weighted by molar-refractivity contribution is 5.86. The summed E-state index contributed by atoms with van der Waals surface area (Å²) in [5, 5.41) is 3.32. The van der Waals surface area contributed by atoms with Gasteiger partial charge in [-0.05, 0) is 18.9 Å². The standard InChI is InChI=1S/C10H9N3O2/c14-5-8-13-9-7(12-6-1-2-6)3-4-11-10(9)15-8/h3-6H,1-2H2,(H,11,12). The summed E-state index contributed by atoms with van der Waals surface area (Å²) >= 11 is 0. The SMILES string of the molecule is O=Cc1nc2c(NC3CC3)ccnc2o1. The molecule has 0 bridgehead atoms. The molecule has 5 nitrogen and oxygen atoms in total. The Morgan fingerprint density at radius 3 is 3.13 bits per heavy atom. The second-order valence-corrected chi connectivity index (χ2v) is 3.60. The first kappa shape index (κ1) is 8.40. The minimum atomic E-state index is 0.0718. The smallest absolute Gasteiger partial charge is 0.262 e. The summed E-state index contributed by atoms with van der Waals surface area (Å²) in [5.41, 5.74) is 1.92. The summed E-state index contributed by atoms with van der Waals surface area (Å²) in [7, 11) is 0. The van der Waals surface area contributed by atoms with Crippen LogP contribution in [0.2, 0.25) is 0 Å². The monoisotopic (exact) mass is 203 g/mol. The molecule has 0 radical (unpaired) electrons. The number of carbonyl (C=O) groups is 1. The molecule has 1 saturated carbocycles. The highest BCUT2D eigenvalue weighted by Gasteiger charge is 2.22. The maximum Gasteiger partial charge on any atom is 0.262 e.